The molecule has 1 nitrogen and oxygen atoms in total. The summed E-state index contributed by atoms with van der Waals surface area (Å²) in [6.45, 7) is 0. The van der Waals surface area contributed by atoms with E-state index >= 15 is 0 Å². The molecule has 0 N–H and O–H groups in total. The summed E-state index contributed by atoms with van der Waals surface area (Å²) in [6.07, 6.45) is 0. The summed E-state index contributed by atoms with van der Waals surface area (Å²) in [5, 5.41) is 8.47. The van der Waals surface area contributed by atoms with Crippen molar-refractivity contribution < 1.29 is 11.3 Å². The van der Waals surface area contributed by atoms with Gasteiger partial charge in [-0.15, -0.1) is 17.0 Å². The molecule has 0 unspecified atom stereocenters. The van der Waals surface area contributed by atoms with Crippen LogP contribution in [0.15, 0.2) is 0 Å². The van der Waals surface area contributed by atoms with Gasteiger partial charge in [0.15, 0.2) is 0 Å². The Labute approximate surface area is 79.0 Å². The fourth-order valence-electron chi connectivity index (χ4n) is 0. The van der Waals surface area contributed by atoms with Crippen molar-refractivity contribution >= 4 is 57.8 Å². The van der Waals surface area contributed by atoms with Gasteiger partial charge in [-0.3, -0.25) is 0 Å². The van der Waals surface area contributed by atoms with Crippen molar-refractivity contribution in [2.75, 3.05) is 0 Å². The molecule has 0 aromatic carbocycles. The van der Waals surface area contributed by atoms with Crippen LogP contribution in [0.1, 0.15) is 0 Å². The average molecular weight is 355 g/mol. The topological polar surface area (TPSA) is 23.8 Å². The van der Waals surface area contributed by atoms with E-state index in [4.69, 9.17) is 5.26 Å². The second-order valence-electron chi connectivity index (χ2n) is 0.142. The van der Waals surface area contributed by atoms with E-state index in [2.05, 4.69) is 40.8 Å². The van der Waals surface area contributed by atoms with E-state index in [1.54, 1.807) is 0 Å². The van der Waals surface area contributed by atoms with Gasteiger partial charge in [-0.2, -0.15) is 0 Å². The maximum absolute atomic E-state index is 7.13. The molecular weight excluding hydrogens is 354 g/mol. The normalized spacial score (nSPS) is 3.57. The van der Waals surface area contributed by atoms with Crippen molar-refractivity contribution in [1.82, 2.24) is 0 Å². The van der Waals surface area contributed by atoms with Gasteiger partial charge in [0.05, 0.1) is 0 Å². The zero-order chi connectivity index (χ0) is 5.41. The Morgan fingerprint density at radius 1 is 1.57 bits per heavy atom. The van der Waals surface area contributed by atoms with Gasteiger partial charge in [-0.25, -0.2) is 5.26 Å². The summed E-state index contributed by atoms with van der Waals surface area (Å²) in [4.78, 5) is 0. The Bertz CT molecular complexity index is 44.7. The van der Waals surface area contributed by atoms with Crippen LogP contribution < -0.4 is 0 Å². The molecule has 0 aromatic heterocycles. The van der Waals surface area contributed by atoms with Crippen LogP contribution in [0.25, 0.3) is 0 Å². The number of rotatable bonds is 0. The van der Waals surface area contributed by atoms with Crippen LogP contribution in [0.2, 0.25) is 0 Å². The Hall–Kier alpha value is 1.67. The number of nitriles is 1. The molecule has 6 heteroatoms. The quantitative estimate of drug-likeness (QED) is 0.379. The number of thiocyanates is 1. The summed E-state index contributed by atoms with van der Waals surface area (Å²) in [6, 6.07) is 0. The minimum absolute atomic E-state index is 0. The van der Waals surface area contributed by atoms with Crippen LogP contribution in [0.4, 0.5) is 0 Å². The van der Waals surface area contributed by atoms with Gasteiger partial charge < -0.3 is 12.6 Å². The third-order valence-corrected chi connectivity index (χ3v) is 0. The zero-order valence-corrected chi connectivity index (χ0v) is 9.68. The van der Waals surface area contributed by atoms with E-state index in [9.17, 15) is 0 Å². The summed E-state index contributed by atoms with van der Waals surface area (Å²) < 4.78 is 0. The monoisotopic (exact) mass is 352 g/mol. The van der Waals surface area contributed by atoms with Crippen LogP contribution in [-0.2, 0) is 24.0 Å². The molecular formula is CHBr3FeNS. The van der Waals surface area contributed by atoms with Crippen molar-refractivity contribution in [3.05, 3.63) is 0 Å². The molecule has 0 spiro atoms. The van der Waals surface area contributed by atoms with Gasteiger partial charge in [0, 0.05) is 0 Å². The van der Waals surface area contributed by atoms with Crippen LogP contribution in [-0.4, -0.2) is 0 Å². The Balaban J connectivity index is -0.0000000400. The molecule has 0 rings (SSSR count). The first-order valence-electron chi connectivity index (χ1n) is 0.695. The Kier molecular flexibility index (Phi) is 57.4. The Morgan fingerprint density at radius 2 is 1.57 bits per heavy atom. The molecule has 7 heavy (non-hydrogen) atoms. The molecule has 0 fully saturated rings. The molecule has 0 amide bonds. The van der Waals surface area contributed by atoms with E-state index in [0.29, 0.717) is 0 Å². The van der Waals surface area contributed by atoms with Crippen molar-refractivity contribution in [2.24, 2.45) is 0 Å². The van der Waals surface area contributed by atoms with E-state index < -0.39 is 0 Å². The van der Waals surface area contributed by atoms with E-state index in [-0.39, 0.29) is 17.0 Å². The van der Waals surface area contributed by atoms with Crippen LogP contribution in [0.3, 0.4) is 0 Å². The summed E-state index contributed by atoms with van der Waals surface area (Å²) in [7, 11) is 0. The molecule has 45 valence electrons. The van der Waals surface area contributed by atoms with E-state index in [1.807, 2.05) is 0 Å². The molecule has 0 aliphatic carbocycles. The van der Waals surface area contributed by atoms with E-state index in [1.165, 1.54) is 5.40 Å². The standard InChI is InChI=1S/CHNS.3BrH.Fe/c2-1-3;;;;/h3H;3*1H;/q;;;;+3/p-3. The van der Waals surface area contributed by atoms with Gasteiger partial charge in [0.1, 0.15) is 0 Å². The van der Waals surface area contributed by atoms with Gasteiger partial charge in [0.2, 0.25) is 0 Å². The molecule has 0 heterocycles. The third kappa shape index (κ3) is 88.4. The van der Waals surface area contributed by atoms with Gasteiger partial charge >= 0.3 is 39.6 Å². The second kappa shape index (κ2) is 25.3. The van der Waals surface area contributed by atoms with Crippen LogP contribution >= 0.6 is 45.2 Å². The van der Waals surface area contributed by atoms with Crippen molar-refractivity contribution in [1.29, 1.82) is 5.26 Å². The number of halogens is 3. The predicted molar refractivity (Wildman–Crippen MR) is 41.2 cm³/mol. The first-order valence-corrected chi connectivity index (χ1v) is 6.56. The Morgan fingerprint density at radius 3 is 1.57 bits per heavy atom. The van der Waals surface area contributed by atoms with Gasteiger partial charge in [-0.05, 0) is 0 Å². The average Bonchev–Trinajstić information content (AvgIpc) is 1.39. The summed E-state index contributed by atoms with van der Waals surface area (Å²) >= 11 is 10.7. The van der Waals surface area contributed by atoms with Crippen LogP contribution in [0, 0.1) is 10.7 Å². The SMILES string of the molecule is Br.N#C[S-].[Br][Fe+][Br]. The summed E-state index contributed by atoms with van der Waals surface area (Å²) in [5.74, 6) is 0. The fourth-order valence-corrected chi connectivity index (χ4v) is 0. The first kappa shape index (κ1) is 15.9. The molecule has 0 aliphatic rings. The predicted octanol–water partition coefficient (Wildman–Crippen LogP) is 2.28. The molecule has 0 bridgehead atoms. The third-order valence-electron chi connectivity index (χ3n) is 0. The molecule has 0 radical (unpaired) electrons. The van der Waals surface area contributed by atoms with Crippen molar-refractivity contribution in [3.8, 4) is 5.40 Å². The minimum atomic E-state index is 0. The van der Waals surface area contributed by atoms with Gasteiger partial charge in [-0.1, -0.05) is 5.40 Å². The number of nitrogens with zero attached hydrogens (tertiary/aromatic N) is 1. The van der Waals surface area contributed by atoms with E-state index in [0.717, 1.165) is 11.3 Å². The zero-order valence-electron chi connectivity index (χ0n) is 2.87. The molecule has 0 saturated heterocycles. The molecule has 0 saturated carbocycles. The molecule has 0 aliphatic heterocycles. The van der Waals surface area contributed by atoms with Crippen molar-refractivity contribution in [2.45, 2.75) is 0 Å². The van der Waals surface area contributed by atoms with Gasteiger partial charge in [0.25, 0.3) is 0 Å². The number of hydrogen-bond acceptors (Lipinski definition) is 2. The van der Waals surface area contributed by atoms with Crippen molar-refractivity contribution in [3.63, 3.8) is 0 Å². The molecule has 0 atom stereocenters. The number of hydrogen-bond donors (Lipinski definition) is 0. The summed E-state index contributed by atoms with van der Waals surface area (Å²) in [5.41, 5.74) is 0. The maximum atomic E-state index is 7.13. The van der Waals surface area contributed by atoms with Crippen LogP contribution in [0.5, 0.6) is 0 Å². The fraction of sp³-hybridized carbons (Fsp3) is 0. The first-order chi connectivity index (χ1) is 2.83. The molecule has 0 aromatic rings. The second-order valence-corrected chi connectivity index (χ2v) is 5.90.